The highest BCUT2D eigenvalue weighted by atomic mass is 35.5. The Morgan fingerprint density at radius 2 is 1.93 bits per heavy atom. The molecule has 3 heterocycles. The maximum absolute atomic E-state index is 14.0. The topological polar surface area (TPSA) is 101 Å². The molecule has 1 atom stereocenters. The number of hydrogen-bond acceptors (Lipinski definition) is 8. The van der Waals surface area contributed by atoms with Gasteiger partial charge in [0.1, 0.15) is 6.07 Å². The van der Waals surface area contributed by atoms with Gasteiger partial charge >= 0.3 is 6.18 Å². The van der Waals surface area contributed by atoms with Crippen molar-refractivity contribution in [1.29, 1.82) is 5.26 Å². The fraction of sp³-hybridized carbons (Fsp3) is 0.344. The Morgan fingerprint density at radius 3 is 2.61 bits per heavy atom. The zero-order chi connectivity index (χ0) is 31.4. The minimum atomic E-state index is -4.40. The number of pyridine rings is 2. The van der Waals surface area contributed by atoms with Crippen molar-refractivity contribution < 1.29 is 13.2 Å². The number of aromatic nitrogens is 2. The third kappa shape index (κ3) is 5.33. The van der Waals surface area contributed by atoms with Crippen LogP contribution in [-0.2, 0) is 0 Å². The molecule has 1 saturated carbocycles. The van der Waals surface area contributed by atoms with E-state index in [1.165, 1.54) is 12.4 Å². The van der Waals surface area contributed by atoms with E-state index in [-0.39, 0.29) is 18.3 Å². The smallest absolute Gasteiger partial charge is 0.383 e. The second kappa shape index (κ2) is 10.7. The number of benzene rings is 2. The Hall–Kier alpha value is -4.27. The molecule has 2 aromatic carbocycles. The average Bonchev–Trinajstić information content (AvgIpc) is 3.65. The number of fused-ring (bicyclic) bond motifs is 2. The monoisotopic (exact) mass is 620 g/mol. The molecule has 0 spiro atoms. The van der Waals surface area contributed by atoms with Gasteiger partial charge in [0, 0.05) is 41.6 Å². The van der Waals surface area contributed by atoms with E-state index in [0.29, 0.717) is 45.1 Å². The average molecular weight is 621 g/mol. The number of halogens is 4. The summed E-state index contributed by atoms with van der Waals surface area (Å²) in [5.74, 6) is 0. The molecule has 4 aromatic rings. The van der Waals surface area contributed by atoms with Crippen molar-refractivity contribution in [3.05, 3.63) is 82.4 Å². The third-order valence-electron chi connectivity index (χ3n) is 8.08. The molecule has 6 rings (SSSR count). The van der Waals surface area contributed by atoms with Crippen LogP contribution in [0.2, 0.25) is 5.02 Å². The summed E-state index contributed by atoms with van der Waals surface area (Å²) >= 11 is 6.77. The van der Waals surface area contributed by atoms with Gasteiger partial charge in [0.05, 0.1) is 39.0 Å². The summed E-state index contributed by atoms with van der Waals surface area (Å²) in [5, 5.41) is 19.8. The van der Waals surface area contributed by atoms with Crippen LogP contribution in [0.25, 0.3) is 21.8 Å². The number of nitriles is 1. The van der Waals surface area contributed by atoms with Crippen LogP contribution in [-0.4, -0.2) is 33.2 Å². The number of nitrogens with one attached hydrogen (secondary N) is 4. The molecule has 1 aliphatic heterocycles. The summed E-state index contributed by atoms with van der Waals surface area (Å²) < 4.78 is 42.1. The van der Waals surface area contributed by atoms with Crippen molar-refractivity contribution >= 4 is 44.8 Å². The van der Waals surface area contributed by atoms with Crippen molar-refractivity contribution in [3.8, 4) is 6.07 Å². The second-order valence-corrected chi connectivity index (χ2v) is 13.0. The quantitative estimate of drug-likeness (QED) is 0.169. The van der Waals surface area contributed by atoms with Crippen LogP contribution < -0.4 is 21.6 Å². The van der Waals surface area contributed by atoms with E-state index in [4.69, 9.17) is 11.6 Å². The zero-order valence-electron chi connectivity index (χ0n) is 24.7. The zero-order valence-corrected chi connectivity index (χ0v) is 25.5. The van der Waals surface area contributed by atoms with Gasteiger partial charge in [0.25, 0.3) is 0 Å². The van der Waals surface area contributed by atoms with Crippen molar-refractivity contribution in [1.82, 2.24) is 25.9 Å². The van der Waals surface area contributed by atoms with Crippen LogP contribution in [0.5, 0.6) is 0 Å². The number of hydrazine groups is 2. The lowest BCUT2D eigenvalue weighted by Crippen LogP contribution is -2.52. The molecule has 12 heteroatoms. The second-order valence-electron chi connectivity index (χ2n) is 12.6. The lowest BCUT2D eigenvalue weighted by atomic mass is 9.95. The van der Waals surface area contributed by atoms with Gasteiger partial charge in [-0.25, -0.2) is 0 Å². The van der Waals surface area contributed by atoms with Gasteiger partial charge in [-0.2, -0.15) is 18.4 Å². The Kier molecular flexibility index (Phi) is 7.25. The largest absolute Gasteiger partial charge is 0.413 e. The van der Waals surface area contributed by atoms with E-state index in [1.807, 2.05) is 37.3 Å². The van der Waals surface area contributed by atoms with E-state index in [9.17, 15) is 18.4 Å². The van der Waals surface area contributed by atoms with E-state index in [1.54, 1.807) is 12.3 Å². The molecule has 4 N–H and O–H groups in total. The molecule has 44 heavy (non-hydrogen) atoms. The maximum Gasteiger partial charge on any atom is 0.413 e. The molecular formula is C32H32ClF3N8. The van der Waals surface area contributed by atoms with Gasteiger partial charge in [0.15, 0.2) is 5.54 Å². The molecule has 2 aromatic heterocycles. The van der Waals surface area contributed by atoms with Crippen molar-refractivity contribution in [2.45, 2.75) is 58.3 Å². The van der Waals surface area contributed by atoms with Gasteiger partial charge in [-0.3, -0.25) is 15.0 Å². The van der Waals surface area contributed by atoms with Gasteiger partial charge < -0.3 is 16.1 Å². The molecule has 1 aliphatic carbocycles. The van der Waals surface area contributed by atoms with Crippen molar-refractivity contribution in [2.75, 3.05) is 17.2 Å². The number of hydrogen-bond donors (Lipinski definition) is 4. The first-order chi connectivity index (χ1) is 20.8. The van der Waals surface area contributed by atoms with Gasteiger partial charge in [-0.15, -0.1) is 5.53 Å². The number of rotatable bonds is 7. The van der Waals surface area contributed by atoms with Gasteiger partial charge in [-0.1, -0.05) is 44.5 Å². The lowest BCUT2D eigenvalue weighted by molar-refractivity contribution is -0.195. The summed E-state index contributed by atoms with van der Waals surface area (Å²) in [7, 11) is 0. The normalized spacial score (nSPS) is 16.8. The van der Waals surface area contributed by atoms with E-state index in [0.717, 1.165) is 27.0 Å². The van der Waals surface area contributed by atoms with Crippen LogP contribution in [0, 0.1) is 23.7 Å². The number of anilines is 2. The van der Waals surface area contributed by atoms with Crippen LogP contribution in [0.15, 0.2) is 60.7 Å². The Labute approximate surface area is 258 Å². The molecule has 0 unspecified atom stereocenters. The molecule has 0 amide bonds. The highest BCUT2D eigenvalue weighted by Gasteiger charge is 2.67. The van der Waals surface area contributed by atoms with Crippen molar-refractivity contribution in [3.63, 3.8) is 0 Å². The summed E-state index contributed by atoms with van der Waals surface area (Å²) in [6.45, 7) is 8.84. The molecule has 228 valence electrons. The third-order valence-corrected chi connectivity index (χ3v) is 8.37. The predicted octanol–water partition coefficient (Wildman–Crippen LogP) is 7.49. The molecule has 8 nitrogen and oxygen atoms in total. The van der Waals surface area contributed by atoms with Crippen LogP contribution in [0.3, 0.4) is 0 Å². The number of nitrogens with zero attached hydrogens (tertiary/aromatic N) is 4. The highest BCUT2D eigenvalue weighted by molar-refractivity contribution is 6.35. The van der Waals surface area contributed by atoms with Crippen LogP contribution >= 0.6 is 11.6 Å². The Morgan fingerprint density at radius 1 is 1.16 bits per heavy atom. The van der Waals surface area contributed by atoms with E-state index >= 15 is 0 Å². The Balaban J connectivity index is 1.48. The molecule has 0 radical (unpaired) electrons. The fourth-order valence-electron chi connectivity index (χ4n) is 5.59. The van der Waals surface area contributed by atoms with E-state index in [2.05, 4.69) is 58.4 Å². The number of alkyl halides is 3. The first kappa shape index (κ1) is 29.8. The summed E-state index contributed by atoms with van der Waals surface area (Å²) in [4.78, 5) is 8.98. The summed E-state index contributed by atoms with van der Waals surface area (Å²) in [6.07, 6.45) is 0.325. The molecule has 2 aliphatic rings. The number of aryl methyl sites for hydroxylation is 1. The molecular weight excluding hydrogens is 589 g/mol. The fourth-order valence-corrected chi connectivity index (χ4v) is 5.86. The lowest BCUT2D eigenvalue weighted by Gasteiger charge is -2.28. The Bertz CT molecular complexity index is 1830. The first-order valence-corrected chi connectivity index (χ1v) is 14.7. The molecule has 0 bridgehead atoms. The van der Waals surface area contributed by atoms with Gasteiger partial charge in [0.2, 0.25) is 0 Å². The van der Waals surface area contributed by atoms with Gasteiger partial charge in [-0.05, 0) is 60.6 Å². The first-order valence-electron chi connectivity index (χ1n) is 14.3. The predicted molar refractivity (Wildman–Crippen MR) is 166 cm³/mol. The van der Waals surface area contributed by atoms with Crippen LogP contribution in [0.1, 0.15) is 56.3 Å². The maximum atomic E-state index is 14.0. The standard InChI is InChI=1S/C32H32ClF3N8/c1-18-8-11-38-24-7-5-6-21(26(18)24)29(25-16-44(43-42-25)31(9-10-31)32(34,35)36)41-20-12-22-27(40-17-30(2,3)4)19(14-37)15-39-28(22)23(33)13-20/h5-8,11-13,15-16,29,41-43H,9-10,17H2,1-4H3,(H,39,40)/t29-/m0/s1. The van der Waals surface area contributed by atoms with Crippen molar-refractivity contribution in [2.24, 2.45) is 5.41 Å². The SMILES string of the molecule is Cc1ccnc2cccc([C@H](Nc3cc(Cl)c4ncc(C#N)c(NCC(C)(C)C)c4c3)C3=CN(C4(C(F)(F)F)CC4)NN3)c12. The minimum Gasteiger partial charge on any atom is -0.383 e. The van der Waals surface area contributed by atoms with E-state index < -0.39 is 17.8 Å². The minimum absolute atomic E-state index is 0.00318. The molecule has 1 fully saturated rings. The van der Waals surface area contributed by atoms with Crippen LogP contribution in [0.4, 0.5) is 24.5 Å². The molecule has 0 saturated heterocycles. The summed E-state index contributed by atoms with van der Waals surface area (Å²) in [5.41, 5.74) is 8.89. The highest BCUT2D eigenvalue weighted by Crippen LogP contribution is 2.54. The summed E-state index contributed by atoms with van der Waals surface area (Å²) in [6, 6.07) is 12.8.